The third kappa shape index (κ3) is 7.08. The highest BCUT2D eigenvalue weighted by Crippen LogP contribution is 2.00. The first kappa shape index (κ1) is 14.1. The Balaban J connectivity index is 2.01. The first-order chi connectivity index (χ1) is 8.18. The van der Waals surface area contributed by atoms with Crippen LogP contribution in [0.2, 0.25) is 0 Å². The number of pyridine rings is 1. The van der Waals surface area contributed by atoms with Crippen molar-refractivity contribution in [3.8, 4) is 0 Å². The Bertz CT molecular complexity index is 313. The number of unbranched alkanes of at least 4 members (excludes halogenated alkanes) is 1. The zero-order valence-corrected chi connectivity index (χ0v) is 11.2. The first-order valence-corrected chi connectivity index (χ1v) is 6.41. The predicted octanol–water partition coefficient (Wildman–Crippen LogP) is 2.68. The van der Waals surface area contributed by atoms with Crippen LogP contribution < -0.4 is 5.32 Å². The van der Waals surface area contributed by atoms with Crippen molar-refractivity contribution in [2.45, 2.75) is 46.3 Å². The van der Waals surface area contributed by atoms with Crippen molar-refractivity contribution in [2.24, 2.45) is 0 Å². The summed E-state index contributed by atoms with van der Waals surface area (Å²) in [5.41, 5.74) is 2.47. The maximum absolute atomic E-state index is 5.48. The largest absolute Gasteiger partial charge is 0.379 e. The maximum atomic E-state index is 5.48. The van der Waals surface area contributed by atoms with Crippen LogP contribution in [0.3, 0.4) is 0 Å². The number of hydrogen-bond donors (Lipinski definition) is 1. The molecular weight excluding hydrogens is 212 g/mol. The highest BCUT2D eigenvalue weighted by Gasteiger charge is 1.95. The third-order valence-electron chi connectivity index (χ3n) is 2.46. The van der Waals surface area contributed by atoms with Gasteiger partial charge in [-0.25, -0.2) is 0 Å². The highest BCUT2D eigenvalue weighted by atomic mass is 16.5. The van der Waals surface area contributed by atoms with E-state index in [4.69, 9.17) is 4.74 Å². The van der Waals surface area contributed by atoms with Crippen molar-refractivity contribution in [3.63, 3.8) is 0 Å². The second kappa shape index (κ2) is 8.20. The second-order valence-corrected chi connectivity index (χ2v) is 4.67. The average Bonchev–Trinajstić information content (AvgIpc) is 2.27. The lowest BCUT2D eigenvalue weighted by Crippen LogP contribution is -2.15. The van der Waals surface area contributed by atoms with Crippen molar-refractivity contribution in [2.75, 3.05) is 13.2 Å². The second-order valence-electron chi connectivity index (χ2n) is 4.67. The minimum atomic E-state index is 0.348. The van der Waals surface area contributed by atoms with E-state index in [-0.39, 0.29) is 0 Å². The molecule has 0 saturated heterocycles. The molecule has 3 nitrogen and oxygen atoms in total. The monoisotopic (exact) mass is 236 g/mol. The van der Waals surface area contributed by atoms with Crippen molar-refractivity contribution in [1.29, 1.82) is 0 Å². The molecule has 0 fully saturated rings. The number of aryl methyl sites for hydroxylation is 1. The molecule has 96 valence electrons. The number of nitrogens with one attached hydrogen (secondary N) is 1. The number of ether oxygens (including phenoxy) is 1. The van der Waals surface area contributed by atoms with Gasteiger partial charge in [-0.05, 0) is 51.3 Å². The molecule has 0 saturated carbocycles. The average molecular weight is 236 g/mol. The fourth-order valence-electron chi connectivity index (χ4n) is 1.62. The molecular formula is C14H24N2O. The molecule has 3 heteroatoms. The van der Waals surface area contributed by atoms with E-state index < -0.39 is 0 Å². The van der Waals surface area contributed by atoms with Gasteiger partial charge in [-0.15, -0.1) is 0 Å². The van der Waals surface area contributed by atoms with Crippen LogP contribution in [-0.2, 0) is 11.3 Å². The van der Waals surface area contributed by atoms with E-state index in [2.05, 4.69) is 37.1 Å². The molecule has 0 aromatic carbocycles. The van der Waals surface area contributed by atoms with Crippen molar-refractivity contribution >= 4 is 0 Å². The van der Waals surface area contributed by atoms with Crippen LogP contribution in [0, 0.1) is 6.92 Å². The zero-order chi connectivity index (χ0) is 12.5. The van der Waals surface area contributed by atoms with Crippen molar-refractivity contribution in [1.82, 2.24) is 10.3 Å². The number of rotatable bonds is 8. The summed E-state index contributed by atoms with van der Waals surface area (Å²) < 4.78 is 5.48. The van der Waals surface area contributed by atoms with Gasteiger partial charge in [0.2, 0.25) is 0 Å². The fourth-order valence-corrected chi connectivity index (χ4v) is 1.62. The molecule has 0 aliphatic rings. The molecule has 1 aromatic rings. The van der Waals surface area contributed by atoms with Gasteiger partial charge in [0.05, 0.1) is 6.10 Å². The Morgan fingerprint density at radius 2 is 2.12 bits per heavy atom. The number of nitrogens with zero attached hydrogens (tertiary/aromatic N) is 1. The zero-order valence-electron chi connectivity index (χ0n) is 11.2. The van der Waals surface area contributed by atoms with E-state index in [0.29, 0.717) is 6.10 Å². The third-order valence-corrected chi connectivity index (χ3v) is 2.46. The smallest absolute Gasteiger partial charge is 0.0518 e. The molecule has 0 atom stereocenters. The molecule has 0 unspecified atom stereocenters. The van der Waals surface area contributed by atoms with E-state index in [0.717, 1.165) is 32.5 Å². The van der Waals surface area contributed by atoms with Crippen LogP contribution in [0.1, 0.15) is 37.8 Å². The lowest BCUT2D eigenvalue weighted by Gasteiger charge is -2.08. The van der Waals surface area contributed by atoms with E-state index in [1.165, 1.54) is 11.1 Å². The van der Waals surface area contributed by atoms with Crippen LogP contribution in [0.15, 0.2) is 18.5 Å². The van der Waals surface area contributed by atoms with Crippen molar-refractivity contribution in [3.05, 3.63) is 29.6 Å². The van der Waals surface area contributed by atoms with Gasteiger partial charge in [0.15, 0.2) is 0 Å². The summed E-state index contributed by atoms with van der Waals surface area (Å²) in [5, 5.41) is 3.42. The molecule has 1 N–H and O–H groups in total. The molecule has 1 aromatic heterocycles. The summed E-state index contributed by atoms with van der Waals surface area (Å²) in [4.78, 5) is 4.17. The van der Waals surface area contributed by atoms with Crippen LogP contribution in [0.25, 0.3) is 0 Å². The van der Waals surface area contributed by atoms with E-state index in [1.807, 2.05) is 12.4 Å². The minimum Gasteiger partial charge on any atom is -0.379 e. The summed E-state index contributed by atoms with van der Waals surface area (Å²) in [6.45, 7) is 9.02. The molecule has 0 aliphatic carbocycles. The quantitative estimate of drug-likeness (QED) is 0.705. The van der Waals surface area contributed by atoms with Crippen LogP contribution in [-0.4, -0.2) is 24.2 Å². The lowest BCUT2D eigenvalue weighted by molar-refractivity contribution is 0.0760. The van der Waals surface area contributed by atoms with Gasteiger partial charge in [0.25, 0.3) is 0 Å². The molecule has 0 bridgehead atoms. The van der Waals surface area contributed by atoms with Crippen LogP contribution >= 0.6 is 0 Å². The molecule has 0 radical (unpaired) electrons. The van der Waals surface area contributed by atoms with E-state index >= 15 is 0 Å². The van der Waals surface area contributed by atoms with Gasteiger partial charge in [0.1, 0.15) is 0 Å². The number of aromatic nitrogens is 1. The van der Waals surface area contributed by atoms with E-state index in [9.17, 15) is 0 Å². The molecule has 1 rings (SSSR count). The summed E-state index contributed by atoms with van der Waals surface area (Å²) >= 11 is 0. The van der Waals surface area contributed by atoms with E-state index in [1.54, 1.807) is 0 Å². The summed E-state index contributed by atoms with van der Waals surface area (Å²) in [5.74, 6) is 0. The molecule has 0 spiro atoms. The van der Waals surface area contributed by atoms with Gasteiger partial charge in [-0.1, -0.05) is 6.07 Å². The topological polar surface area (TPSA) is 34.2 Å². The molecule has 0 amide bonds. The number of hydrogen-bond acceptors (Lipinski definition) is 3. The molecule has 1 heterocycles. The summed E-state index contributed by atoms with van der Waals surface area (Å²) in [6.07, 6.45) is 6.43. The van der Waals surface area contributed by atoms with Gasteiger partial charge < -0.3 is 10.1 Å². The Labute approximate surface area is 105 Å². The fraction of sp³-hybridized carbons (Fsp3) is 0.643. The predicted molar refractivity (Wildman–Crippen MR) is 71.0 cm³/mol. The lowest BCUT2D eigenvalue weighted by atomic mass is 10.2. The van der Waals surface area contributed by atoms with Crippen LogP contribution in [0.5, 0.6) is 0 Å². The minimum absolute atomic E-state index is 0.348. The van der Waals surface area contributed by atoms with Crippen molar-refractivity contribution < 1.29 is 4.74 Å². The van der Waals surface area contributed by atoms with Gasteiger partial charge in [-0.3, -0.25) is 4.98 Å². The molecule has 17 heavy (non-hydrogen) atoms. The standard InChI is InChI=1S/C14H24N2O/c1-12(2)17-7-5-4-6-15-10-14-8-13(3)9-16-11-14/h8-9,11-12,15H,4-7,10H2,1-3H3. The summed E-state index contributed by atoms with van der Waals surface area (Å²) in [7, 11) is 0. The van der Waals surface area contributed by atoms with Gasteiger partial charge in [-0.2, -0.15) is 0 Å². The van der Waals surface area contributed by atoms with Gasteiger partial charge >= 0.3 is 0 Å². The normalized spacial score (nSPS) is 11.1. The Kier molecular flexibility index (Phi) is 6.82. The maximum Gasteiger partial charge on any atom is 0.0518 e. The SMILES string of the molecule is Cc1cncc(CNCCCCOC(C)C)c1. The summed E-state index contributed by atoms with van der Waals surface area (Å²) in [6, 6.07) is 2.17. The Morgan fingerprint density at radius 3 is 2.82 bits per heavy atom. The highest BCUT2D eigenvalue weighted by molar-refractivity contribution is 5.16. The Morgan fingerprint density at radius 1 is 1.29 bits per heavy atom. The van der Waals surface area contributed by atoms with Crippen LogP contribution in [0.4, 0.5) is 0 Å². The van der Waals surface area contributed by atoms with Gasteiger partial charge in [0, 0.05) is 25.5 Å². The Hall–Kier alpha value is -0.930. The molecule has 0 aliphatic heterocycles. The first-order valence-electron chi connectivity index (χ1n) is 6.41.